The average molecular weight is 439 g/mol. The van der Waals surface area contributed by atoms with E-state index in [9.17, 15) is 19.2 Å². The second-order valence-electron chi connectivity index (χ2n) is 6.92. The molecule has 3 heterocycles. The van der Waals surface area contributed by atoms with Gasteiger partial charge in [0.05, 0.1) is 16.8 Å². The third-order valence-electron chi connectivity index (χ3n) is 4.86. The number of rotatable bonds is 5. The van der Waals surface area contributed by atoms with Crippen LogP contribution in [0.4, 0.5) is 5.69 Å². The van der Waals surface area contributed by atoms with Gasteiger partial charge in [-0.3, -0.25) is 19.1 Å². The highest BCUT2D eigenvalue weighted by atomic mass is 32.1. The molecule has 0 atom stereocenters. The number of benzene rings is 1. The van der Waals surface area contributed by atoms with E-state index in [1.165, 1.54) is 12.1 Å². The number of fused-ring (bicyclic) bond motifs is 1. The molecule has 3 aromatic heterocycles. The predicted molar refractivity (Wildman–Crippen MR) is 115 cm³/mol. The zero-order chi connectivity index (χ0) is 22.3. The van der Waals surface area contributed by atoms with Gasteiger partial charge in [0.25, 0.3) is 11.5 Å². The molecular formula is C21H17N3O6S. The van der Waals surface area contributed by atoms with Crippen LogP contribution in [0.1, 0.15) is 37.1 Å². The van der Waals surface area contributed by atoms with Crippen molar-refractivity contribution in [2.75, 3.05) is 5.32 Å². The predicted octanol–water partition coefficient (Wildman–Crippen LogP) is 2.96. The number of nitrogens with one attached hydrogen (secondary N) is 2. The van der Waals surface area contributed by atoms with Crippen molar-refractivity contribution in [2.45, 2.75) is 20.4 Å². The molecular weight excluding hydrogens is 422 g/mol. The van der Waals surface area contributed by atoms with Gasteiger partial charge in [0.1, 0.15) is 10.6 Å². The number of hydrogen-bond donors (Lipinski definition) is 3. The maximum Gasteiger partial charge on any atom is 0.371 e. The number of nitrogens with zero attached hydrogens (tertiary/aromatic N) is 1. The zero-order valence-corrected chi connectivity index (χ0v) is 17.3. The topological polar surface area (TPSA) is 134 Å². The molecule has 3 N–H and O–H groups in total. The first kappa shape index (κ1) is 20.4. The molecule has 4 rings (SSSR count). The van der Waals surface area contributed by atoms with Crippen LogP contribution in [0.2, 0.25) is 0 Å². The molecule has 0 radical (unpaired) electrons. The third-order valence-corrected chi connectivity index (χ3v) is 6.06. The minimum absolute atomic E-state index is 0.148. The number of carbonyl (C=O) groups is 2. The number of hydrogen-bond acceptors (Lipinski definition) is 6. The zero-order valence-electron chi connectivity index (χ0n) is 16.5. The number of anilines is 1. The van der Waals surface area contributed by atoms with E-state index in [1.54, 1.807) is 19.1 Å². The summed E-state index contributed by atoms with van der Waals surface area (Å²) in [6.07, 6.45) is 0. The average Bonchev–Trinajstić information content (AvgIpc) is 3.32. The van der Waals surface area contributed by atoms with Crippen molar-refractivity contribution < 1.29 is 19.1 Å². The van der Waals surface area contributed by atoms with Crippen molar-refractivity contribution in [3.8, 4) is 0 Å². The molecule has 0 aliphatic heterocycles. The monoisotopic (exact) mass is 439 g/mol. The maximum absolute atomic E-state index is 13.0. The van der Waals surface area contributed by atoms with Gasteiger partial charge in [0, 0.05) is 5.69 Å². The first-order chi connectivity index (χ1) is 14.8. The number of aromatic carboxylic acids is 1. The SMILES string of the molecule is Cc1ccccc1NC(=O)c1sc2[nH]c(=O)n(Cc3ccc(C(=O)O)o3)c(=O)c2c1C. The number of amides is 1. The number of carbonyl (C=O) groups excluding carboxylic acids is 1. The fraction of sp³-hybridized carbons (Fsp3) is 0.143. The lowest BCUT2D eigenvalue weighted by molar-refractivity contribution is 0.0660. The molecule has 1 amide bonds. The second-order valence-corrected chi connectivity index (χ2v) is 7.94. The molecule has 0 saturated heterocycles. The fourth-order valence-electron chi connectivity index (χ4n) is 3.24. The summed E-state index contributed by atoms with van der Waals surface area (Å²) in [6.45, 7) is 3.27. The van der Waals surface area contributed by atoms with Gasteiger partial charge in [0.15, 0.2) is 0 Å². The van der Waals surface area contributed by atoms with Gasteiger partial charge in [-0.25, -0.2) is 9.59 Å². The molecule has 10 heteroatoms. The summed E-state index contributed by atoms with van der Waals surface area (Å²) in [5, 5.41) is 12.0. The molecule has 158 valence electrons. The standard InChI is InChI=1S/C21H17N3O6S/c1-10-5-3-4-6-13(10)22-17(25)16-11(2)15-18(31-16)23-21(29)24(19(15)26)9-12-7-8-14(30-12)20(27)28/h3-8H,9H2,1-2H3,(H,22,25)(H,23,29)(H,27,28). The minimum Gasteiger partial charge on any atom is -0.475 e. The Kier molecular flexibility index (Phi) is 5.07. The Morgan fingerprint density at radius 1 is 1.16 bits per heavy atom. The van der Waals surface area contributed by atoms with E-state index in [1.807, 2.05) is 19.1 Å². The van der Waals surface area contributed by atoms with Crippen LogP contribution in [0.5, 0.6) is 0 Å². The summed E-state index contributed by atoms with van der Waals surface area (Å²) < 4.78 is 6.06. The van der Waals surface area contributed by atoms with Crippen molar-refractivity contribution >= 4 is 39.1 Å². The number of H-pyrrole nitrogens is 1. The van der Waals surface area contributed by atoms with Crippen LogP contribution in [-0.2, 0) is 6.54 Å². The lowest BCUT2D eigenvalue weighted by Crippen LogP contribution is -2.35. The van der Waals surface area contributed by atoms with Gasteiger partial charge in [-0.15, -0.1) is 11.3 Å². The Morgan fingerprint density at radius 3 is 2.58 bits per heavy atom. The molecule has 9 nitrogen and oxygen atoms in total. The fourth-order valence-corrected chi connectivity index (χ4v) is 4.32. The van der Waals surface area contributed by atoms with Crippen LogP contribution in [-0.4, -0.2) is 26.5 Å². The molecule has 4 aromatic rings. The van der Waals surface area contributed by atoms with E-state index < -0.39 is 17.2 Å². The number of aromatic amines is 1. The molecule has 0 aliphatic rings. The van der Waals surface area contributed by atoms with E-state index in [0.29, 0.717) is 21.0 Å². The van der Waals surface area contributed by atoms with E-state index in [0.717, 1.165) is 21.5 Å². The summed E-state index contributed by atoms with van der Waals surface area (Å²) >= 11 is 1.03. The first-order valence-corrected chi connectivity index (χ1v) is 10.0. The van der Waals surface area contributed by atoms with Gasteiger partial charge in [0.2, 0.25) is 5.76 Å². The van der Waals surface area contributed by atoms with Crippen molar-refractivity contribution in [2.24, 2.45) is 0 Å². The highest BCUT2D eigenvalue weighted by molar-refractivity contribution is 7.20. The molecule has 0 unspecified atom stereocenters. The Bertz CT molecular complexity index is 1460. The van der Waals surface area contributed by atoms with Crippen molar-refractivity contribution in [3.63, 3.8) is 0 Å². The third kappa shape index (κ3) is 3.68. The lowest BCUT2D eigenvalue weighted by atomic mass is 10.2. The number of carboxylic acids is 1. The molecule has 0 fully saturated rings. The normalized spacial score (nSPS) is 11.0. The highest BCUT2D eigenvalue weighted by Crippen LogP contribution is 2.27. The van der Waals surface area contributed by atoms with Gasteiger partial charge in [-0.1, -0.05) is 18.2 Å². The van der Waals surface area contributed by atoms with Crippen LogP contribution in [0.15, 0.2) is 50.4 Å². The van der Waals surface area contributed by atoms with E-state index in [-0.39, 0.29) is 29.4 Å². The maximum atomic E-state index is 13.0. The molecule has 0 aliphatic carbocycles. The molecule has 0 saturated carbocycles. The second kappa shape index (κ2) is 7.73. The summed E-state index contributed by atoms with van der Waals surface area (Å²) in [7, 11) is 0. The van der Waals surface area contributed by atoms with Crippen molar-refractivity contribution in [3.05, 3.63) is 84.8 Å². The highest BCUT2D eigenvalue weighted by Gasteiger charge is 2.21. The summed E-state index contributed by atoms with van der Waals surface area (Å²) in [5.74, 6) is -1.77. The van der Waals surface area contributed by atoms with Gasteiger partial charge in [-0.2, -0.15) is 0 Å². The number of thiophene rings is 1. The summed E-state index contributed by atoms with van der Waals surface area (Å²) in [5.41, 5.74) is 0.729. The van der Waals surface area contributed by atoms with Gasteiger partial charge >= 0.3 is 11.7 Å². The Hall–Kier alpha value is -3.92. The smallest absolute Gasteiger partial charge is 0.371 e. The van der Waals surface area contributed by atoms with Crippen molar-refractivity contribution in [1.29, 1.82) is 0 Å². The number of aromatic nitrogens is 2. The van der Waals surface area contributed by atoms with E-state index in [2.05, 4.69) is 10.3 Å². The number of para-hydroxylation sites is 1. The molecule has 0 spiro atoms. The number of furan rings is 1. The van der Waals surface area contributed by atoms with Crippen LogP contribution in [0, 0.1) is 13.8 Å². The van der Waals surface area contributed by atoms with E-state index in [4.69, 9.17) is 9.52 Å². The largest absolute Gasteiger partial charge is 0.475 e. The van der Waals surface area contributed by atoms with E-state index >= 15 is 0 Å². The Labute approximate surface area is 178 Å². The quantitative estimate of drug-likeness (QED) is 0.438. The van der Waals surface area contributed by atoms with Crippen LogP contribution in [0.25, 0.3) is 10.2 Å². The van der Waals surface area contributed by atoms with Crippen molar-refractivity contribution in [1.82, 2.24) is 9.55 Å². The Morgan fingerprint density at radius 2 is 1.90 bits per heavy atom. The molecule has 1 aromatic carbocycles. The van der Waals surface area contributed by atoms with Gasteiger partial charge in [-0.05, 0) is 43.2 Å². The van der Waals surface area contributed by atoms with Crippen LogP contribution in [0.3, 0.4) is 0 Å². The first-order valence-electron chi connectivity index (χ1n) is 9.21. The lowest BCUT2D eigenvalue weighted by Gasteiger charge is -2.07. The number of carboxylic acid groups (broad SMARTS) is 1. The summed E-state index contributed by atoms with van der Waals surface area (Å²) in [4.78, 5) is 52.5. The molecule has 0 bridgehead atoms. The molecule has 31 heavy (non-hydrogen) atoms. The van der Waals surface area contributed by atoms with Crippen LogP contribution < -0.4 is 16.6 Å². The van der Waals surface area contributed by atoms with Crippen LogP contribution >= 0.6 is 11.3 Å². The number of aryl methyl sites for hydroxylation is 2. The minimum atomic E-state index is -1.25. The summed E-state index contributed by atoms with van der Waals surface area (Å²) in [6, 6.07) is 9.95. The Balaban J connectivity index is 1.74. The van der Waals surface area contributed by atoms with Gasteiger partial charge < -0.3 is 14.8 Å².